The Morgan fingerprint density at radius 1 is 1.11 bits per heavy atom. The molecule has 0 N–H and O–H groups in total. The summed E-state index contributed by atoms with van der Waals surface area (Å²) < 4.78 is 5.45. The second-order valence-corrected chi connectivity index (χ2v) is 6.28. The predicted molar refractivity (Wildman–Crippen MR) is 77.0 cm³/mol. The van der Waals surface area contributed by atoms with E-state index in [0.29, 0.717) is 25.0 Å². The van der Waals surface area contributed by atoms with E-state index in [-0.39, 0.29) is 11.3 Å². The lowest BCUT2D eigenvalue weighted by atomic mass is 9.65. The summed E-state index contributed by atoms with van der Waals surface area (Å²) >= 11 is 0. The van der Waals surface area contributed by atoms with Gasteiger partial charge in [-0.25, -0.2) is 0 Å². The van der Waals surface area contributed by atoms with E-state index < -0.39 is 0 Å². The van der Waals surface area contributed by atoms with Gasteiger partial charge in [0.25, 0.3) is 0 Å². The zero-order valence-corrected chi connectivity index (χ0v) is 12.3. The number of hydrogen-bond donors (Lipinski definition) is 0. The number of nitriles is 1. The van der Waals surface area contributed by atoms with Crippen molar-refractivity contribution in [2.45, 2.75) is 39.0 Å². The van der Waals surface area contributed by atoms with E-state index >= 15 is 0 Å². The fraction of sp³-hybridized carbons (Fsp3) is 0.588. The fourth-order valence-electron chi connectivity index (χ4n) is 2.96. The second-order valence-electron chi connectivity index (χ2n) is 6.28. The molecule has 0 aliphatic carbocycles. The van der Waals surface area contributed by atoms with Gasteiger partial charge in [0.15, 0.2) is 0 Å². The molecular formula is C17H23NO. The molecule has 1 atom stereocenters. The van der Waals surface area contributed by atoms with E-state index in [1.54, 1.807) is 0 Å². The Hall–Kier alpha value is -1.33. The van der Waals surface area contributed by atoms with Crippen LogP contribution in [0.1, 0.15) is 44.7 Å². The van der Waals surface area contributed by atoms with Crippen LogP contribution in [0.3, 0.4) is 0 Å². The van der Waals surface area contributed by atoms with E-state index in [1.807, 2.05) is 0 Å². The molecule has 1 aromatic carbocycles. The third kappa shape index (κ3) is 2.40. The van der Waals surface area contributed by atoms with Crippen molar-refractivity contribution in [1.82, 2.24) is 0 Å². The van der Waals surface area contributed by atoms with Gasteiger partial charge < -0.3 is 4.74 Å². The van der Waals surface area contributed by atoms with Gasteiger partial charge in [0.1, 0.15) is 0 Å². The molecule has 1 aromatic rings. The summed E-state index contributed by atoms with van der Waals surface area (Å²) in [5.41, 5.74) is 2.50. The van der Waals surface area contributed by atoms with Gasteiger partial charge in [-0.15, -0.1) is 0 Å². The monoisotopic (exact) mass is 257 g/mol. The molecule has 1 fully saturated rings. The van der Waals surface area contributed by atoms with Gasteiger partial charge >= 0.3 is 0 Å². The molecule has 1 unspecified atom stereocenters. The van der Waals surface area contributed by atoms with Crippen LogP contribution in [0.25, 0.3) is 0 Å². The first-order valence-corrected chi connectivity index (χ1v) is 7.09. The molecule has 1 saturated heterocycles. The average molecular weight is 257 g/mol. The lowest BCUT2D eigenvalue weighted by Crippen LogP contribution is -2.53. The largest absolute Gasteiger partial charge is 0.379 e. The molecule has 0 radical (unpaired) electrons. The third-order valence-corrected chi connectivity index (χ3v) is 4.27. The van der Waals surface area contributed by atoms with Crippen molar-refractivity contribution in [2.24, 2.45) is 11.8 Å². The standard InChI is InChI=1S/C17H23NO/c1-12(2)14-5-7-15(8-6-14)17(10-19-11-17)16(9-18)13(3)4/h5-8,12-13,16H,10-11H2,1-4H3. The minimum absolute atomic E-state index is 0.0196. The van der Waals surface area contributed by atoms with Crippen LogP contribution in [0.15, 0.2) is 24.3 Å². The maximum Gasteiger partial charge on any atom is 0.0669 e. The van der Waals surface area contributed by atoms with Crippen LogP contribution in [0.4, 0.5) is 0 Å². The molecule has 0 saturated carbocycles. The Morgan fingerprint density at radius 3 is 2.00 bits per heavy atom. The summed E-state index contributed by atoms with van der Waals surface area (Å²) in [4.78, 5) is 0. The first-order chi connectivity index (χ1) is 9.01. The van der Waals surface area contributed by atoms with Crippen molar-refractivity contribution >= 4 is 0 Å². The fourth-order valence-corrected chi connectivity index (χ4v) is 2.96. The summed E-state index contributed by atoms with van der Waals surface area (Å²) in [5.74, 6) is 0.907. The summed E-state index contributed by atoms with van der Waals surface area (Å²) in [6.07, 6.45) is 0. The number of nitrogens with zero attached hydrogens (tertiary/aromatic N) is 1. The van der Waals surface area contributed by atoms with E-state index in [1.165, 1.54) is 11.1 Å². The van der Waals surface area contributed by atoms with Crippen molar-refractivity contribution in [2.75, 3.05) is 13.2 Å². The normalized spacial score (nSPS) is 19.0. The van der Waals surface area contributed by atoms with Gasteiger partial charge in [0.2, 0.25) is 0 Å². The quantitative estimate of drug-likeness (QED) is 0.820. The highest BCUT2D eigenvalue weighted by Gasteiger charge is 2.48. The van der Waals surface area contributed by atoms with E-state index in [4.69, 9.17) is 4.74 Å². The lowest BCUT2D eigenvalue weighted by molar-refractivity contribution is -0.0876. The number of ether oxygens (including phenoxy) is 1. The highest BCUT2D eigenvalue weighted by Crippen LogP contribution is 2.42. The van der Waals surface area contributed by atoms with Crippen LogP contribution in [0, 0.1) is 23.2 Å². The predicted octanol–water partition coefficient (Wildman–Crippen LogP) is 3.87. The smallest absolute Gasteiger partial charge is 0.0669 e. The molecule has 2 rings (SSSR count). The first kappa shape index (κ1) is 14.1. The maximum absolute atomic E-state index is 9.50. The maximum atomic E-state index is 9.50. The van der Waals surface area contributed by atoms with Crippen LogP contribution < -0.4 is 0 Å². The van der Waals surface area contributed by atoms with Gasteiger partial charge in [0.05, 0.1) is 30.6 Å². The molecule has 1 aliphatic rings. The zero-order chi connectivity index (χ0) is 14.0. The van der Waals surface area contributed by atoms with E-state index in [2.05, 4.69) is 58.0 Å². The molecule has 0 bridgehead atoms. The van der Waals surface area contributed by atoms with Crippen molar-refractivity contribution < 1.29 is 4.74 Å². The van der Waals surface area contributed by atoms with Crippen molar-refractivity contribution in [3.63, 3.8) is 0 Å². The van der Waals surface area contributed by atoms with Crippen LogP contribution in [0.2, 0.25) is 0 Å². The lowest BCUT2D eigenvalue weighted by Gasteiger charge is -2.46. The number of hydrogen-bond acceptors (Lipinski definition) is 2. The summed E-state index contributed by atoms with van der Waals surface area (Å²) in [6, 6.07) is 11.2. The highest BCUT2D eigenvalue weighted by atomic mass is 16.5. The average Bonchev–Trinajstić information content (AvgIpc) is 2.33. The van der Waals surface area contributed by atoms with Gasteiger partial charge in [-0.1, -0.05) is 52.0 Å². The van der Waals surface area contributed by atoms with Crippen LogP contribution in [0.5, 0.6) is 0 Å². The third-order valence-electron chi connectivity index (χ3n) is 4.27. The minimum atomic E-state index is -0.0988. The Kier molecular flexibility index (Phi) is 3.96. The molecule has 1 aliphatic heterocycles. The molecule has 19 heavy (non-hydrogen) atoms. The Bertz CT molecular complexity index is 463. The van der Waals surface area contributed by atoms with Gasteiger partial charge in [-0.05, 0) is 23.0 Å². The molecule has 0 amide bonds. The topological polar surface area (TPSA) is 33.0 Å². The molecule has 1 heterocycles. The molecule has 2 nitrogen and oxygen atoms in total. The Balaban J connectivity index is 2.34. The Morgan fingerprint density at radius 2 is 1.68 bits per heavy atom. The van der Waals surface area contributed by atoms with Crippen LogP contribution in [-0.4, -0.2) is 13.2 Å². The summed E-state index contributed by atoms with van der Waals surface area (Å²) in [5, 5.41) is 9.50. The molecule has 0 aromatic heterocycles. The molecule has 102 valence electrons. The van der Waals surface area contributed by atoms with Crippen molar-refractivity contribution in [1.29, 1.82) is 5.26 Å². The van der Waals surface area contributed by atoms with E-state index in [0.717, 1.165) is 0 Å². The first-order valence-electron chi connectivity index (χ1n) is 7.09. The molecule has 0 spiro atoms. The van der Waals surface area contributed by atoms with E-state index in [9.17, 15) is 5.26 Å². The Labute approximate surface area is 116 Å². The number of benzene rings is 1. The van der Waals surface area contributed by atoms with Gasteiger partial charge in [-0.2, -0.15) is 5.26 Å². The number of rotatable bonds is 4. The van der Waals surface area contributed by atoms with Crippen molar-refractivity contribution in [3.05, 3.63) is 35.4 Å². The van der Waals surface area contributed by atoms with Crippen LogP contribution >= 0.6 is 0 Å². The van der Waals surface area contributed by atoms with Gasteiger partial charge in [-0.3, -0.25) is 0 Å². The second kappa shape index (κ2) is 5.35. The summed E-state index contributed by atoms with van der Waals surface area (Å²) in [6.45, 7) is 9.98. The van der Waals surface area contributed by atoms with Gasteiger partial charge in [0, 0.05) is 0 Å². The highest BCUT2D eigenvalue weighted by molar-refractivity contribution is 5.35. The zero-order valence-electron chi connectivity index (χ0n) is 12.3. The minimum Gasteiger partial charge on any atom is -0.379 e. The van der Waals surface area contributed by atoms with Crippen LogP contribution in [-0.2, 0) is 10.2 Å². The summed E-state index contributed by atoms with van der Waals surface area (Å²) in [7, 11) is 0. The molecule has 2 heteroatoms. The molecular weight excluding hydrogens is 234 g/mol. The SMILES string of the molecule is CC(C)c1ccc(C2(C(C#N)C(C)C)COC2)cc1. The van der Waals surface area contributed by atoms with Crippen molar-refractivity contribution in [3.8, 4) is 6.07 Å².